The number of rotatable bonds is 15. The molecule has 37 heavy (non-hydrogen) atoms. The first kappa shape index (κ1) is 29.8. The molecular weight excluding hydrogens is 500 g/mol. The first-order chi connectivity index (χ1) is 17.6. The molecule has 5 atom stereocenters. The normalized spacial score (nSPS) is 15.0. The van der Waals surface area contributed by atoms with E-state index in [-0.39, 0.29) is 19.3 Å². The van der Waals surface area contributed by atoms with E-state index in [0.29, 0.717) is 17.0 Å². The largest absolute Gasteiger partial charge is 0.480 e. The van der Waals surface area contributed by atoms with Gasteiger partial charge in [0.1, 0.15) is 18.1 Å². The zero-order valence-corrected chi connectivity index (χ0v) is 21.5. The number of carboxylic acid groups (broad SMARTS) is 1. The quantitative estimate of drug-likeness (QED) is 0.153. The molecule has 202 valence electrons. The Labute approximate surface area is 219 Å². The number of aromatic nitrogens is 2. The molecule has 1 aromatic heterocycles. The van der Waals surface area contributed by atoms with Gasteiger partial charge < -0.3 is 36.9 Å². The Morgan fingerprint density at radius 2 is 1.70 bits per heavy atom. The number of nitrogens with zero attached hydrogens (tertiary/aromatic N) is 1. The summed E-state index contributed by atoms with van der Waals surface area (Å²) < 4.78 is 0. The molecule has 3 amide bonds. The van der Waals surface area contributed by atoms with E-state index in [9.17, 15) is 29.4 Å². The third kappa shape index (κ3) is 9.86. The minimum atomic E-state index is -1.45. The molecule has 12 nitrogen and oxygen atoms in total. The summed E-state index contributed by atoms with van der Waals surface area (Å²) in [5.74, 6) is -2.87. The van der Waals surface area contributed by atoms with Gasteiger partial charge in [0, 0.05) is 24.7 Å². The van der Waals surface area contributed by atoms with Crippen LogP contribution in [0.3, 0.4) is 0 Å². The summed E-state index contributed by atoms with van der Waals surface area (Å²) in [5, 5.41) is 27.2. The van der Waals surface area contributed by atoms with Crippen molar-refractivity contribution in [3.05, 3.63) is 54.1 Å². The minimum Gasteiger partial charge on any atom is -0.480 e. The summed E-state index contributed by atoms with van der Waals surface area (Å²) in [6.07, 6.45) is 3.95. The van der Waals surface area contributed by atoms with Gasteiger partial charge in [-0.05, 0) is 30.9 Å². The molecule has 0 fully saturated rings. The fourth-order valence-corrected chi connectivity index (χ4v) is 3.95. The number of aromatic amines is 1. The summed E-state index contributed by atoms with van der Waals surface area (Å²) in [7, 11) is 0. The lowest BCUT2D eigenvalue weighted by atomic mass is 10.0. The molecule has 2 rings (SSSR count). The molecule has 2 aromatic rings. The molecular formula is C24H34N6O6S. The van der Waals surface area contributed by atoms with Crippen molar-refractivity contribution in [1.82, 2.24) is 25.9 Å². The highest BCUT2D eigenvalue weighted by molar-refractivity contribution is 7.98. The summed E-state index contributed by atoms with van der Waals surface area (Å²) in [6.45, 7) is 1.30. The highest BCUT2D eigenvalue weighted by Gasteiger charge is 2.32. The van der Waals surface area contributed by atoms with Crippen LogP contribution in [-0.4, -0.2) is 86.2 Å². The highest BCUT2D eigenvalue weighted by atomic mass is 32.2. The second-order valence-electron chi connectivity index (χ2n) is 8.55. The van der Waals surface area contributed by atoms with Crippen LogP contribution in [-0.2, 0) is 32.0 Å². The second kappa shape index (κ2) is 15.0. The number of nitrogens with two attached hydrogens (primary N) is 1. The van der Waals surface area contributed by atoms with Crippen LogP contribution in [0.25, 0.3) is 0 Å². The van der Waals surface area contributed by atoms with Gasteiger partial charge in [-0.2, -0.15) is 11.8 Å². The van der Waals surface area contributed by atoms with E-state index in [1.54, 1.807) is 36.5 Å². The van der Waals surface area contributed by atoms with Gasteiger partial charge in [-0.15, -0.1) is 0 Å². The second-order valence-corrected chi connectivity index (χ2v) is 9.53. The third-order valence-corrected chi connectivity index (χ3v) is 6.18. The van der Waals surface area contributed by atoms with Crippen molar-refractivity contribution in [2.45, 2.75) is 56.5 Å². The summed E-state index contributed by atoms with van der Waals surface area (Å²) in [6, 6.07) is 4.04. The number of thioether (sulfide) groups is 1. The molecule has 0 aliphatic heterocycles. The predicted octanol–water partition coefficient (Wildman–Crippen LogP) is -0.805. The molecule has 5 unspecified atom stereocenters. The standard InChI is InChI=1S/C24H34N6O6S/c1-14(31)20(23(34)29-19(24(35)36)10-15-6-4-3-5-7-15)30-22(33)18(8-9-37-2)28-21(32)17(25)11-16-12-26-13-27-16/h3-7,12-14,17-20,31H,8-11,25H2,1-2H3,(H,26,27)(H,28,32)(H,29,34)(H,30,33)(H,35,36). The van der Waals surface area contributed by atoms with Gasteiger partial charge in [-0.1, -0.05) is 30.3 Å². The Hall–Kier alpha value is -3.42. The molecule has 0 saturated heterocycles. The van der Waals surface area contributed by atoms with Crippen molar-refractivity contribution >= 4 is 35.5 Å². The fraction of sp³-hybridized carbons (Fsp3) is 0.458. The smallest absolute Gasteiger partial charge is 0.326 e. The third-order valence-electron chi connectivity index (χ3n) is 5.53. The molecule has 0 aliphatic carbocycles. The van der Waals surface area contributed by atoms with Crippen LogP contribution in [0.4, 0.5) is 0 Å². The number of amides is 3. The Morgan fingerprint density at radius 1 is 1.03 bits per heavy atom. The number of carbonyl (C=O) groups excluding carboxylic acids is 3. The average molecular weight is 535 g/mol. The molecule has 1 aromatic carbocycles. The topological polar surface area (TPSA) is 200 Å². The van der Waals surface area contributed by atoms with Crippen LogP contribution in [0.15, 0.2) is 42.9 Å². The Morgan fingerprint density at radius 3 is 2.27 bits per heavy atom. The maximum Gasteiger partial charge on any atom is 0.326 e. The fourth-order valence-electron chi connectivity index (χ4n) is 3.48. The van der Waals surface area contributed by atoms with E-state index >= 15 is 0 Å². The first-order valence-electron chi connectivity index (χ1n) is 11.7. The van der Waals surface area contributed by atoms with Gasteiger partial charge >= 0.3 is 5.97 Å². The molecule has 0 aliphatic rings. The van der Waals surface area contributed by atoms with Gasteiger partial charge in [0.2, 0.25) is 17.7 Å². The Kier molecular flexibility index (Phi) is 12.1. The number of benzene rings is 1. The minimum absolute atomic E-state index is 0.0169. The average Bonchev–Trinajstić information content (AvgIpc) is 3.37. The van der Waals surface area contributed by atoms with E-state index in [0.717, 1.165) is 0 Å². The van der Waals surface area contributed by atoms with Gasteiger partial charge in [-0.3, -0.25) is 14.4 Å². The zero-order valence-electron chi connectivity index (χ0n) is 20.7. The van der Waals surface area contributed by atoms with Crippen LogP contribution in [0, 0.1) is 0 Å². The van der Waals surface area contributed by atoms with Crippen LogP contribution in [0.2, 0.25) is 0 Å². The van der Waals surface area contributed by atoms with Crippen LogP contribution >= 0.6 is 11.8 Å². The number of nitrogens with one attached hydrogen (secondary N) is 4. The lowest BCUT2D eigenvalue weighted by molar-refractivity contribution is -0.143. The van der Waals surface area contributed by atoms with Crippen LogP contribution in [0.5, 0.6) is 0 Å². The monoisotopic (exact) mass is 534 g/mol. The van der Waals surface area contributed by atoms with E-state index < -0.39 is 54.0 Å². The zero-order chi connectivity index (χ0) is 27.4. The number of aliphatic hydroxyl groups is 1. The number of hydrogen-bond donors (Lipinski definition) is 7. The SMILES string of the molecule is CSCCC(NC(=O)C(N)Cc1cnc[nH]1)C(=O)NC(C(=O)NC(Cc1ccccc1)C(=O)O)C(C)O. The number of imidazole rings is 1. The molecule has 0 saturated carbocycles. The number of H-pyrrole nitrogens is 1. The summed E-state index contributed by atoms with van der Waals surface area (Å²) in [4.78, 5) is 57.1. The molecule has 13 heteroatoms. The molecule has 0 spiro atoms. The van der Waals surface area contributed by atoms with Crippen molar-refractivity contribution in [2.75, 3.05) is 12.0 Å². The van der Waals surface area contributed by atoms with Gasteiger partial charge in [0.25, 0.3) is 0 Å². The van der Waals surface area contributed by atoms with E-state index in [1.807, 2.05) is 6.26 Å². The number of hydrogen-bond acceptors (Lipinski definition) is 8. The molecule has 1 heterocycles. The van der Waals surface area contributed by atoms with Crippen LogP contribution < -0.4 is 21.7 Å². The van der Waals surface area contributed by atoms with Crippen molar-refractivity contribution in [2.24, 2.45) is 5.73 Å². The Bertz CT molecular complexity index is 1020. The van der Waals surface area contributed by atoms with Crippen molar-refractivity contribution < 1.29 is 29.4 Å². The van der Waals surface area contributed by atoms with E-state index in [1.165, 1.54) is 25.0 Å². The summed E-state index contributed by atoms with van der Waals surface area (Å²) in [5.41, 5.74) is 7.32. The van der Waals surface area contributed by atoms with Gasteiger partial charge in [-0.25, -0.2) is 9.78 Å². The first-order valence-corrected chi connectivity index (χ1v) is 13.1. The summed E-state index contributed by atoms with van der Waals surface area (Å²) >= 11 is 1.46. The predicted molar refractivity (Wildman–Crippen MR) is 139 cm³/mol. The van der Waals surface area contributed by atoms with Gasteiger partial charge in [0.15, 0.2) is 0 Å². The molecule has 0 radical (unpaired) electrons. The van der Waals surface area contributed by atoms with Gasteiger partial charge in [0.05, 0.1) is 18.5 Å². The Balaban J connectivity index is 2.07. The van der Waals surface area contributed by atoms with Crippen LogP contribution in [0.1, 0.15) is 24.6 Å². The lowest BCUT2D eigenvalue weighted by Gasteiger charge is -2.26. The van der Waals surface area contributed by atoms with Crippen molar-refractivity contribution in [1.29, 1.82) is 0 Å². The lowest BCUT2D eigenvalue weighted by Crippen LogP contribution is -2.60. The number of carbonyl (C=O) groups is 4. The maximum absolute atomic E-state index is 13.1. The highest BCUT2D eigenvalue weighted by Crippen LogP contribution is 2.07. The molecule has 8 N–H and O–H groups in total. The van der Waals surface area contributed by atoms with Crippen molar-refractivity contribution in [3.63, 3.8) is 0 Å². The number of aliphatic hydroxyl groups excluding tert-OH is 1. The number of carboxylic acids is 1. The molecule has 0 bridgehead atoms. The van der Waals surface area contributed by atoms with E-state index in [2.05, 4.69) is 25.9 Å². The van der Waals surface area contributed by atoms with Crippen molar-refractivity contribution in [3.8, 4) is 0 Å². The number of aliphatic carboxylic acids is 1. The van der Waals surface area contributed by atoms with E-state index in [4.69, 9.17) is 5.73 Å². The maximum atomic E-state index is 13.1.